The van der Waals surface area contributed by atoms with Crippen molar-refractivity contribution < 1.29 is 4.39 Å². The molecule has 0 bridgehead atoms. The van der Waals surface area contributed by atoms with Gasteiger partial charge in [0.2, 0.25) is 0 Å². The van der Waals surface area contributed by atoms with Crippen LogP contribution in [0.15, 0.2) is 18.2 Å². The van der Waals surface area contributed by atoms with Crippen LogP contribution >= 0.6 is 41.7 Å². The van der Waals surface area contributed by atoms with Gasteiger partial charge in [0.1, 0.15) is 11.1 Å². The van der Waals surface area contributed by atoms with Gasteiger partial charge in [0, 0.05) is 0 Å². The first-order valence-electron chi connectivity index (χ1n) is 3.31. The summed E-state index contributed by atoms with van der Waals surface area (Å²) in [5.74, 6) is -0.458. The number of halogens is 3. The number of nitrogens with zero attached hydrogens (tertiary/aromatic N) is 1. The average molecular weight is 328 g/mol. The Balaban J connectivity index is 3.04. The summed E-state index contributed by atoms with van der Waals surface area (Å²) < 4.78 is 12.7. The van der Waals surface area contributed by atoms with Crippen molar-refractivity contribution in [2.45, 2.75) is 5.25 Å². The van der Waals surface area contributed by atoms with E-state index in [2.05, 4.69) is 6.07 Å². The molecule has 0 aliphatic heterocycles. The van der Waals surface area contributed by atoms with Crippen LogP contribution in [0.4, 0.5) is 4.39 Å². The van der Waals surface area contributed by atoms with Gasteiger partial charge in [-0.3, -0.25) is 0 Å². The second-order valence-corrected chi connectivity index (χ2v) is 4.85. The summed E-state index contributed by atoms with van der Waals surface area (Å²) in [6.07, 6.45) is 0. The van der Waals surface area contributed by atoms with Crippen molar-refractivity contribution in [1.29, 1.82) is 5.26 Å². The predicted molar refractivity (Wildman–Crippen MR) is 61.4 cm³/mol. The summed E-state index contributed by atoms with van der Waals surface area (Å²) in [5.41, 5.74) is 0.730. The Bertz CT molecular complexity index is 352. The molecule has 1 rings (SSSR count). The van der Waals surface area contributed by atoms with Gasteiger partial charge in [-0.15, -0.1) is 0 Å². The highest BCUT2D eigenvalue weighted by molar-refractivity contribution is 14.2. The van der Waals surface area contributed by atoms with Gasteiger partial charge < -0.3 is 0 Å². The molecule has 0 fully saturated rings. The third-order valence-electron chi connectivity index (χ3n) is 1.45. The third kappa shape index (κ3) is 2.73. The van der Waals surface area contributed by atoms with Crippen molar-refractivity contribution >= 4 is 41.7 Å². The smallest absolute Gasteiger partial charge is 0.141 e. The molecule has 0 radical (unpaired) electrons. The minimum atomic E-state index is -0.458. The zero-order chi connectivity index (χ0) is 9.84. The van der Waals surface area contributed by atoms with Crippen LogP contribution in [0.1, 0.15) is 10.8 Å². The van der Waals surface area contributed by atoms with Crippen LogP contribution in [0.25, 0.3) is 0 Å². The van der Waals surface area contributed by atoms with E-state index < -0.39 is 5.82 Å². The molecule has 1 aromatic rings. The summed E-state index contributed by atoms with van der Waals surface area (Å²) >= 11 is 7.61. The molecule has 0 aliphatic rings. The topological polar surface area (TPSA) is 23.8 Å². The van der Waals surface area contributed by atoms with E-state index in [1.165, 1.54) is 21.1 Å². The molecule has 1 atom stereocenters. The molecule has 0 N–H and O–H groups in total. The van der Waals surface area contributed by atoms with Gasteiger partial charge in [-0.05, 0) is 38.9 Å². The standard InChI is InChI=1S/C8H4ClFINS/c9-6-3-5(1-2-7(6)10)8(4-12)13-11/h1-3,8H. The molecule has 0 spiro atoms. The van der Waals surface area contributed by atoms with Crippen molar-refractivity contribution in [3.63, 3.8) is 0 Å². The monoisotopic (exact) mass is 327 g/mol. The zero-order valence-corrected chi connectivity index (χ0v) is 10.0. The van der Waals surface area contributed by atoms with E-state index in [1.54, 1.807) is 6.07 Å². The Morgan fingerprint density at radius 1 is 1.62 bits per heavy atom. The number of hydrogen-bond acceptors (Lipinski definition) is 2. The van der Waals surface area contributed by atoms with Crippen molar-refractivity contribution in [3.8, 4) is 6.07 Å². The summed E-state index contributed by atoms with van der Waals surface area (Å²) in [4.78, 5) is 0. The molecule has 68 valence electrons. The van der Waals surface area contributed by atoms with E-state index in [-0.39, 0.29) is 10.3 Å². The van der Waals surface area contributed by atoms with Crippen LogP contribution in [0.5, 0.6) is 0 Å². The fourth-order valence-corrected chi connectivity index (χ4v) is 2.52. The maximum absolute atomic E-state index is 12.7. The second-order valence-electron chi connectivity index (χ2n) is 2.27. The maximum Gasteiger partial charge on any atom is 0.141 e. The van der Waals surface area contributed by atoms with Crippen molar-refractivity contribution in [3.05, 3.63) is 34.6 Å². The Morgan fingerprint density at radius 2 is 2.31 bits per heavy atom. The summed E-state index contributed by atoms with van der Waals surface area (Å²) in [6.45, 7) is 0. The minimum Gasteiger partial charge on any atom is -0.205 e. The minimum absolute atomic E-state index is 0.0585. The summed E-state index contributed by atoms with van der Waals surface area (Å²) in [6, 6.07) is 6.41. The molecule has 1 nitrogen and oxygen atoms in total. The molecule has 0 heterocycles. The average Bonchev–Trinajstić information content (AvgIpc) is 2.13. The van der Waals surface area contributed by atoms with Crippen LogP contribution in [-0.2, 0) is 0 Å². The van der Waals surface area contributed by atoms with E-state index in [9.17, 15) is 4.39 Å². The van der Waals surface area contributed by atoms with Crippen molar-refractivity contribution in [2.24, 2.45) is 0 Å². The molecule has 0 saturated carbocycles. The van der Waals surface area contributed by atoms with Crippen LogP contribution in [0.2, 0.25) is 5.02 Å². The van der Waals surface area contributed by atoms with Crippen LogP contribution < -0.4 is 0 Å². The van der Waals surface area contributed by atoms with E-state index >= 15 is 0 Å². The largest absolute Gasteiger partial charge is 0.205 e. The molecule has 0 amide bonds. The lowest BCUT2D eigenvalue weighted by Gasteiger charge is -2.04. The highest BCUT2D eigenvalue weighted by Crippen LogP contribution is 2.34. The molecule has 13 heavy (non-hydrogen) atoms. The molecule has 1 unspecified atom stereocenters. The number of nitriles is 1. The van der Waals surface area contributed by atoms with Crippen LogP contribution in [0.3, 0.4) is 0 Å². The lowest BCUT2D eigenvalue weighted by atomic mass is 10.1. The van der Waals surface area contributed by atoms with Crippen molar-refractivity contribution in [1.82, 2.24) is 0 Å². The van der Waals surface area contributed by atoms with E-state index in [4.69, 9.17) is 16.9 Å². The summed E-state index contributed by atoms with van der Waals surface area (Å²) in [5, 5.41) is 8.49. The normalized spacial score (nSPS) is 12.2. The van der Waals surface area contributed by atoms with E-state index in [1.807, 2.05) is 21.2 Å². The Hall–Kier alpha value is 0.01000. The lowest BCUT2D eigenvalue weighted by molar-refractivity contribution is 0.627. The molecule has 1 aromatic carbocycles. The lowest BCUT2D eigenvalue weighted by Crippen LogP contribution is -1.89. The SMILES string of the molecule is N#CC(SI)c1ccc(F)c(Cl)c1. The van der Waals surface area contributed by atoms with Gasteiger partial charge in [-0.1, -0.05) is 26.6 Å². The number of hydrogen-bond donors (Lipinski definition) is 0. The highest BCUT2D eigenvalue weighted by Gasteiger charge is 2.11. The first-order valence-corrected chi connectivity index (χ1v) is 7.11. The zero-order valence-electron chi connectivity index (χ0n) is 6.30. The molecule has 0 aromatic heterocycles. The first-order chi connectivity index (χ1) is 6.19. The molecule has 5 heteroatoms. The van der Waals surface area contributed by atoms with Gasteiger partial charge in [0.15, 0.2) is 0 Å². The van der Waals surface area contributed by atoms with E-state index in [0.29, 0.717) is 0 Å². The molecule has 0 saturated heterocycles. The van der Waals surface area contributed by atoms with Crippen molar-refractivity contribution in [2.75, 3.05) is 0 Å². The van der Waals surface area contributed by atoms with Gasteiger partial charge in [-0.25, -0.2) is 4.39 Å². The van der Waals surface area contributed by atoms with E-state index in [0.717, 1.165) is 5.56 Å². The Kier molecular flexibility index (Phi) is 4.29. The Labute approximate surface area is 96.9 Å². The molecule has 0 aliphatic carbocycles. The first kappa shape index (κ1) is 11.1. The Morgan fingerprint density at radius 3 is 2.77 bits per heavy atom. The number of benzene rings is 1. The quantitative estimate of drug-likeness (QED) is 0.763. The van der Waals surface area contributed by atoms with Crippen LogP contribution in [0, 0.1) is 17.1 Å². The summed E-state index contributed by atoms with van der Waals surface area (Å²) in [7, 11) is 1.37. The third-order valence-corrected chi connectivity index (χ3v) is 3.82. The van der Waals surface area contributed by atoms with Gasteiger partial charge >= 0.3 is 0 Å². The number of rotatable bonds is 2. The van der Waals surface area contributed by atoms with Crippen LogP contribution in [-0.4, -0.2) is 0 Å². The predicted octanol–water partition coefficient (Wildman–Crippen LogP) is 4.13. The maximum atomic E-state index is 12.7. The van der Waals surface area contributed by atoms with Gasteiger partial charge in [0.05, 0.1) is 11.1 Å². The highest BCUT2D eigenvalue weighted by atomic mass is 127. The fourth-order valence-electron chi connectivity index (χ4n) is 0.821. The molecular formula is C8H4ClFINS. The second kappa shape index (κ2) is 5.03. The van der Waals surface area contributed by atoms with Gasteiger partial charge in [-0.2, -0.15) is 5.26 Å². The fraction of sp³-hybridized carbons (Fsp3) is 0.125. The molecular weight excluding hydrogens is 324 g/mol. The van der Waals surface area contributed by atoms with Gasteiger partial charge in [0.25, 0.3) is 0 Å².